The van der Waals surface area contributed by atoms with Crippen molar-refractivity contribution >= 4 is 21.7 Å². The molecular formula is C13H12BrNO3. The fourth-order valence-electron chi connectivity index (χ4n) is 1.54. The molecule has 18 heavy (non-hydrogen) atoms. The van der Waals surface area contributed by atoms with Gasteiger partial charge in [-0.1, -0.05) is 21.1 Å². The third-order valence-corrected chi connectivity index (χ3v) is 2.86. The van der Waals surface area contributed by atoms with Gasteiger partial charge < -0.3 is 9.26 Å². The number of aromatic nitrogens is 1. The average Bonchev–Trinajstić information content (AvgIpc) is 2.72. The third kappa shape index (κ3) is 2.98. The highest BCUT2D eigenvalue weighted by Gasteiger charge is 2.10. The first kappa shape index (κ1) is 12.8. The Morgan fingerprint density at radius 2 is 2.22 bits per heavy atom. The lowest BCUT2D eigenvalue weighted by atomic mass is 10.1. The predicted molar refractivity (Wildman–Crippen MR) is 69.7 cm³/mol. The van der Waals surface area contributed by atoms with Gasteiger partial charge in [0, 0.05) is 10.5 Å². The molecule has 0 saturated heterocycles. The van der Waals surface area contributed by atoms with E-state index in [0.29, 0.717) is 17.1 Å². The molecule has 94 valence electrons. The van der Waals surface area contributed by atoms with Crippen molar-refractivity contribution in [2.24, 2.45) is 0 Å². The summed E-state index contributed by atoms with van der Waals surface area (Å²) in [7, 11) is 0. The molecule has 0 aliphatic rings. The number of Topliss-reactive ketones (excluding diaryl/α,β-unsaturated/α-hetero) is 1. The van der Waals surface area contributed by atoms with Crippen LogP contribution in [0.1, 0.15) is 28.7 Å². The minimum Gasteiger partial charge on any atom is -0.485 e. The summed E-state index contributed by atoms with van der Waals surface area (Å²) in [5.74, 6) is 1.12. The summed E-state index contributed by atoms with van der Waals surface area (Å²) in [5, 5.41) is 3.77. The number of hydrogen-bond donors (Lipinski definition) is 0. The van der Waals surface area contributed by atoms with Gasteiger partial charge in [-0.15, -0.1) is 0 Å². The number of carbonyl (C=O) groups excluding carboxylic acids is 1. The summed E-state index contributed by atoms with van der Waals surface area (Å²) in [4.78, 5) is 11.5. The Morgan fingerprint density at radius 1 is 1.44 bits per heavy atom. The molecule has 1 heterocycles. The Hall–Kier alpha value is -1.62. The fourth-order valence-corrected chi connectivity index (χ4v) is 1.88. The second-order valence-corrected chi connectivity index (χ2v) is 4.84. The molecule has 4 nitrogen and oxygen atoms in total. The molecule has 2 aromatic rings. The largest absolute Gasteiger partial charge is 0.485 e. The van der Waals surface area contributed by atoms with Gasteiger partial charge in [0.05, 0.1) is 11.3 Å². The number of aryl methyl sites for hydroxylation is 1. The van der Waals surface area contributed by atoms with Crippen LogP contribution in [0.5, 0.6) is 5.75 Å². The number of nitrogens with zero attached hydrogens (tertiary/aromatic N) is 1. The Bertz CT molecular complexity index is 577. The zero-order valence-corrected chi connectivity index (χ0v) is 11.7. The van der Waals surface area contributed by atoms with E-state index < -0.39 is 0 Å². The SMILES string of the molecule is CC(=O)c1ccc(Br)cc1OCc1cc(C)no1. The maximum absolute atomic E-state index is 11.5. The van der Waals surface area contributed by atoms with E-state index in [4.69, 9.17) is 9.26 Å². The van der Waals surface area contributed by atoms with Crippen LogP contribution in [0.15, 0.2) is 33.3 Å². The van der Waals surface area contributed by atoms with Crippen molar-refractivity contribution in [3.05, 3.63) is 45.8 Å². The molecule has 0 N–H and O–H groups in total. The number of benzene rings is 1. The Morgan fingerprint density at radius 3 is 2.83 bits per heavy atom. The molecule has 0 radical (unpaired) electrons. The first-order valence-electron chi connectivity index (χ1n) is 5.42. The molecule has 1 aromatic heterocycles. The quantitative estimate of drug-likeness (QED) is 0.811. The second kappa shape index (κ2) is 5.35. The molecule has 0 aliphatic carbocycles. The number of hydrogen-bond acceptors (Lipinski definition) is 4. The number of ketones is 1. The van der Waals surface area contributed by atoms with Crippen molar-refractivity contribution in [2.75, 3.05) is 0 Å². The second-order valence-electron chi connectivity index (χ2n) is 3.92. The molecule has 5 heteroatoms. The maximum Gasteiger partial charge on any atom is 0.174 e. The van der Waals surface area contributed by atoms with Gasteiger partial charge in [-0.05, 0) is 32.0 Å². The summed E-state index contributed by atoms with van der Waals surface area (Å²) in [5.41, 5.74) is 1.35. The first-order valence-corrected chi connectivity index (χ1v) is 6.21. The topological polar surface area (TPSA) is 52.3 Å². The van der Waals surface area contributed by atoms with E-state index in [1.54, 1.807) is 18.2 Å². The zero-order chi connectivity index (χ0) is 13.1. The van der Waals surface area contributed by atoms with Gasteiger partial charge >= 0.3 is 0 Å². The molecule has 0 unspecified atom stereocenters. The minimum absolute atomic E-state index is 0.0359. The number of halogens is 1. The Balaban J connectivity index is 2.17. The summed E-state index contributed by atoms with van der Waals surface area (Å²) in [6.07, 6.45) is 0. The van der Waals surface area contributed by atoms with Crippen molar-refractivity contribution in [2.45, 2.75) is 20.5 Å². The summed E-state index contributed by atoms with van der Waals surface area (Å²) in [6, 6.07) is 7.10. The predicted octanol–water partition coefficient (Wildman–Crippen LogP) is 3.53. The van der Waals surface area contributed by atoms with E-state index in [-0.39, 0.29) is 12.4 Å². The molecule has 0 spiro atoms. The van der Waals surface area contributed by atoms with Gasteiger partial charge in [0.25, 0.3) is 0 Å². The minimum atomic E-state index is -0.0359. The highest BCUT2D eigenvalue weighted by atomic mass is 79.9. The number of ether oxygens (including phenoxy) is 1. The monoisotopic (exact) mass is 309 g/mol. The Kier molecular flexibility index (Phi) is 3.81. The molecular weight excluding hydrogens is 298 g/mol. The highest BCUT2D eigenvalue weighted by molar-refractivity contribution is 9.10. The summed E-state index contributed by atoms with van der Waals surface area (Å²) in [6.45, 7) is 3.60. The van der Waals surface area contributed by atoms with Crippen LogP contribution in [0.25, 0.3) is 0 Å². The standard InChI is InChI=1S/C13H12BrNO3/c1-8-5-11(18-15-8)7-17-13-6-10(14)3-4-12(13)9(2)16/h3-6H,7H2,1-2H3. The lowest BCUT2D eigenvalue weighted by molar-refractivity contribution is 0.101. The van der Waals surface area contributed by atoms with Gasteiger partial charge in [0.15, 0.2) is 11.5 Å². The fraction of sp³-hybridized carbons (Fsp3) is 0.231. The molecule has 2 rings (SSSR count). The van der Waals surface area contributed by atoms with Crippen molar-refractivity contribution in [3.8, 4) is 5.75 Å². The van der Waals surface area contributed by atoms with Crippen LogP contribution >= 0.6 is 15.9 Å². The van der Waals surface area contributed by atoms with E-state index in [2.05, 4.69) is 21.1 Å². The van der Waals surface area contributed by atoms with Gasteiger partial charge in [0.2, 0.25) is 0 Å². The first-order chi connectivity index (χ1) is 8.56. The zero-order valence-electron chi connectivity index (χ0n) is 10.1. The normalized spacial score (nSPS) is 10.4. The van der Waals surface area contributed by atoms with E-state index in [1.165, 1.54) is 6.92 Å². The van der Waals surface area contributed by atoms with Crippen LogP contribution in [0.2, 0.25) is 0 Å². The Labute approximate surface area is 113 Å². The van der Waals surface area contributed by atoms with E-state index in [9.17, 15) is 4.79 Å². The third-order valence-electron chi connectivity index (χ3n) is 2.37. The van der Waals surface area contributed by atoms with Crippen molar-refractivity contribution < 1.29 is 14.1 Å². The van der Waals surface area contributed by atoms with Crippen molar-refractivity contribution in [1.29, 1.82) is 0 Å². The van der Waals surface area contributed by atoms with E-state index >= 15 is 0 Å². The lowest BCUT2D eigenvalue weighted by Crippen LogP contribution is -2.01. The summed E-state index contributed by atoms with van der Waals surface area (Å²) < 4.78 is 11.5. The molecule has 0 aliphatic heterocycles. The number of rotatable bonds is 4. The summed E-state index contributed by atoms with van der Waals surface area (Å²) >= 11 is 3.35. The smallest absolute Gasteiger partial charge is 0.174 e. The molecule has 0 fully saturated rings. The van der Waals surface area contributed by atoms with Crippen LogP contribution in [-0.4, -0.2) is 10.9 Å². The highest BCUT2D eigenvalue weighted by Crippen LogP contribution is 2.25. The molecule has 0 bridgehead atoms. The molecule has 0 amide bonds. The van der Waals surface area contributed by atoms with Crippen LogP contribution in [0, 0.1) is 6.92 Å². The lowest BCUT2D eigenvalue weighted by Gasteiger charge is -2.08. The van der Waals surface area contributed by atoms with Gasteiger partial charge in [0.1, 0.15) is 12.4 Å². The van der Waals surface area contributed by atoms with Crippen LogP contribution in [0.3, 0.4) is 0 Å². The van der Waals surface area contributed by atoms with Crippen LogP contribution < -0.4 is 4.74 Å². The molecule has 0 saturated carbocycles. The van der Waals surface area contributed by atoms with E-state index in [0.717, 1.165) is 10.2 Å². The van der Waals surface area contributed by atoms with Gasteiger partial charge in [-0.3, -0.25) is 4.79 Å². The van der Waals surface area contributed by atoms with Crippen molar-refractivity contribution in [3.63, 3.8) is 0 Å². The maximum atomic E-state index is 11.5. The van der Waals surface area contributed by atoms with Crippen LogP contribution in [-0.2, 0) is 6.61 Å². The van der Waals surface area contributed by atoms with Gasteiger partial charge in [-0.25, -0.2) is 0 Å². The van der Waals surface area contributed by atoms with Crippen molar-refractivity contribution in [1.82, 2.24) is 5.16 Å². The van der Waals surface area contributed by atoms with Gasteiger partial charge in [-0.2, -0.15) is 0 Å². The van der Waals surface area contributed by atoms with E-state index in [1.807, 2.05) is 13.0 Å². The molecule has 0 atom stereocenters. The number of carbonyl (C=O) groups is 1. The molecule has 1 aromatic carbocycles. The average molecular weight is 310 g/mol. The van der Waals surface area contributed by atoms with Crippen LogP contribution in [0.4, 0.5) is 0 Å².